The average molecular weight is 655 g/mol. The second-order valence-corrected chi connectivity index (χ2v) is 10.2. The van der Waals surface area contributed by atoms with Crippen LogP contribution in [0.3, 0.4) is 0 Å². The number of carbonyl (C=O) groups is 3. The molecule has 220 valence electrons. The minimum atomic E-state index is -0.718. The molecule has 4 atom stereocenters. The predicted octanol–water partition coefficient (Wildman–Crippen LogP) is 3.15. The Morgan fingerprint density at radius 2 is 1.77 bits per heavy atom. The summed E-state index contributed by atoms with van der Waals surface area (Å²) in [5.41, 5.74) is 1.21. The normalized spacial score (nSPS) is 25.8. The number of halogens is 1. The third kappa shape index (κ3) is 8.08. The van der Waals surface area contributed by atoms with Gasteiger partial charge in [-0.25, -0.2) is 4.68 Å². The van der Waals surface area contributed by atoms with E-state index in [9.17, 15) is 14.4 Å². The molecular weight excluding hydrogens is 616 g/mol. The summed E-state index contributed by atoms with van der Waals surface area (Å²) >= 11 is 6.43. The van der Waals surface area contributed by atoms with Gasteiger partial charge in [0.25, 0.3) is 5.91 Å². The van der Waals surface area contributed by atoms with Gasteiger partial charge in [0.2, 0.25) is 5.91 Å². The second kappa shape index (κ2) is 16.5. The van der Waals surface area contributed by atoms with Crippen LogP contribution in [0.25, 0.3) is 5.69 Å². The Bertz CT molecular complexity index is 1090. The topological polar surface area (TPSA) is 93.5 Å². The molecule has 1 aromatic carbocycles. The summed E-state index contributed by atoms with van der Waals surface area (Å²) in [5.74, 6) is -0.0871. The first-order valence-corrected chi connectivity index (χ1v) is 12.4. The number of hydrogen-bond acceptors (Lipinski definition) is 5. The summed E-state index contributed by atoms with van der Waals surface area (Å²) < 4.78 is 7.23. The Balaban J connectivity index is 0.00000289. The van der Waals surface area contributed by atoms with Crippen molar-refractivity contribution >= 4 is 96.7 Å². The molecule has 2 aliphatic heterocycles. The van der Waals surface area contributed by atoms with E-state index in [-0.39, 0.29) is 104 Å². The fourth-order valence-corrected chi connectivity index (χ4v) is 5.80. The van der Waals surface area contributed by atoms with E-state index in [0.29, 0.717) is 11.5 Å². The molecule has 2 saturated heterocycles. The van der Waals surface area contributed by atoms with Crippen molar-refractivity contribution in [2.45, 2.75) is 56.2 Å². The Kier molecular flexibility index (Phi) is 16.1. The Morgan fingerprint density at radius 1 is 1.08 bits per heavy atom. The number of carbonyl (C=O) groups excluding carboxylic acids is 3. The first-order chi connectivity index (χ1) is 16.4. The highest BCUT2D eigenvalue weighted by Crippen LogP contribution is 2.35. The summed E-state index contributed by atoms with van der Waals surface area (Å²) in [6, 6.07) is 7.56. The maximum absolute atomic E-state index is 13.8. The lowest BCUT2D eigenvalue weighted by molar-refractivity contribution is -0.139. The number of alkyl halides is 1. The number of likely N-dealkylation sites (tertiary alicyclic amines) is 1. The third-order valence-corrected chi connectivity index (χ3v) is 7.75. The van der Waals surface area contributed by atoms with Crippen molar-refractivity contribution < 1.29 is 19.1 Å². The zero-order chi connectivity index (χ0) is 23.8. The van der Waals surface area contributed by atoms with Gasteiger partial charge in [0.15, 0.2) is 5.78 Å². The first kappa shape index (κ1) is 38.0. The van der Waals surface area contributed by atoms with E-state index in [1.54, 1.807) is 40.2 Å². The zero-order valence-corrected chi connectivity index (χ0v) is 27.4. The number of nitrogens with zero attached hydrogens (tertiary/aromatic N) is 3. The van der Waals surface area contributed by atoms with Gasteiger partial charge in [0, 0.05) is 24.5 Å². The van der Waals surface area contributed by atoms with E-state index < -0.39 is 23.6 Å². The number of amides is 2. The summed E-state index contributed by atoms with van der Waals surface area (Å²) in [6.07, 6.45) is 6.71. The molecule has 8 nitrogen and oxygen atoms in total. The van der Waals surface area contributed by atoms with Gasteiger partial charge < -0.3 is 15.0 Å². The molecule has 3 heterocycles. The number of Topliss-reactive ketones (excluding diaryl/α,β-unsaturated/α-hetero) is 1. The molecule has 2 aromatic rings. The molecule has 0 radical (unpaired) electrons. The van der Waals surface area contributed by atoms with Crippen LogP contribution >= 0.6 is 79.1 Å². The van der Waals surface area contributed by atoms with Gasteiger partial charge in [-0.2, -0.15) is 72.6 Å². The van der Waals surface area contributed by atoms with Crippen molar-refractivity contribution in [2.75, 3.05) is 13.2 Å². The van der Waals surface area contributed by atoms with Crippen LogP contribution in [0.4, 0.5) is 0 Å². The molecule has 1 aromatic heterocycles. The first-order valence-electron chi connectivity index (χ1n) is 11.9. The van der Waals surface area contributed by atoms with Crippen LogP contribution < -0.4 is 5.32 Å². The zero-order valence-electron chi connectivity index (χ0n) is 21.6. The van der Waals surface area contributed by atoms with Gasteiger partial charge >= 0.3 is 0 Å². The quantitative estimate of drug-likeness (QED) is 0.500. The van der Waals surface area contributed by atoms with Crippen molar-refractivity contribution in [1.29, 1.82) is 0 Å². The molecule has 0 spiro atoms. The van der Waals surface area contributed by atoms with E-state index in [2.05, 4.69) is 17.3 Å². The number of ether oxygens (including phenoxy) is 1. The molecule has 3 aliphatic rings. The monoisotopic (exact) mass is 654 g/mol. The van der Waals surface area contributed by atoms with Gasteiger partial charge in [-0.1, -0.05) is 25.8 Å². The maximum atomic E-state index is 13.8. The molecule has 1 N–H and O–H groups in total. The lowest BCUT2D eigenvalue weighted by Gasteiger charge is -2.35. The smallest absolute Gasteiger partial charge is 0.252 e. The lowest BCUT2D eigenvalue weighted by Crippen LogP contribution is -2.55. The summed E-state index contributed by atoms with van der Waals surface area (Å²) in [6.45, 7) is 2.43. The number of rotatable bonds is 5. The Hall–Kier alpha value is -0.960. The van der Waals surface area contributed by atoms with Crippen LogP contribution in [0.2, 0.25) is 0 Å². The summed E-state index contributed by atoms with van der Waals surface area (Å²) in [4.78, 5) is 41.2. The van der Waals surface area contributed by atoms with Crippen molar-refractivity contribution in [1.82, 2.24) is 20.0 Å². The van der Waals surface area contributed by atoms with Crippen LogP contribution in [0.5, 0.6) is 0 Å². The third-order valence-electron chi connectivity index (χ3n) is 7.37. The van der Waals surface area contributed by atoms with Gasteiger partial charge in [-0.05, 0) is 48.9 Å². The number of hydrogen-bond donors (Lipinski definition) is 1. The van der Waals surface area contributed by atoms with Crippen LogP contribution in [-0.4, -0.2) is 69.0 Å². The van der Waals surface area contributed by atoms with Crippen LogP contribution in [-0.2, 0) is 14.3 Å². The van der Waals surface area contributed by atoms with Crippen molar-refractivity contribution in [3.8, 4) is 5.69 Å². The van der Waals surface area contributed by atoms with E-state index in [4.69, 9.17) is 16.3 Å². The number of benzene rings is 1. The Labute approximate surface area is 269 Å². The summed E-state index contributed by atoms with van der Waals surface area (Å²) in [5, 5.41) is 6.81. The standard InChI is InChI=1S/C25H29ClN4O4.5H2S/c1-15-6-8-16(9-7-15)21(25(33)29-13-19(26)23-22(29)20(31)14-34-23)28-24(32)17-4-2-5-18(12-17)30-11-3-10-27-30;;;;;/h2-5,10-12,15-16,19,21-23H,6-9,13-14H2,1H3,(H,28,32);5*1H2/t15?,16?,19-,21-,22+,23+;;;;;/m0...../s1. The van der Waals surface area contributed by atoms with Gasteiger partial charge in [-0.3, -0.25) is 14.4 Å². The SMILES string of the molecule is CC1CCC([C@H](NC(=O)c2cccc(-n3cccn3)c2)C(=O)N2C[C@H](Cl)[C@H]3OCC(=O)[C@H]32)CC1.S.S.S.S.S. The van der Waals surface area contributed by atoms with E-state index in [1.165, 1.54) is 0 Å². The molecular formula is C25H39ClN4O4S5. The van der Waals surface area contributed by atoms with Gasteiger partial charge in [-0.15, -0.1) is 11.6 Å². The van der Waals surface area contributed by atoms with Gasteiger partial charge in [0.05, 0.1) is 11.1 Å². The number of ketones is 1. The Morgan fingerprint density at radius 3 is 2.41 bits per heavy atom. The number of fused-ring (bicyclic) bond motifs is 1. The van der Waals surface area contributed by atoms with E-state index in [1.807, 2.05) is 12.1 Å². The van der Waals surface area contributed by atoms with Crippen molar-refractivity contribution in [3.63, 3.8) is 0 Å². The molecule has 14 heteroatoms. The van der Waals surface area contributed by atoms with Crippen LogP contribution in [0.15, 0.2) is 42.7 Å². The molecule has 3 fully saturated rings. The van der Waals surface area contributed by atoms with Crippen molar-refractivity contribution in [2.24, 2.45) is 11.8 Å². The van der Waals surface area contributed by atoms with Crippen LogP contribution in [0, 0.1) is 11.8 Å². The second-order valence-electron chi connectivity index (χ2n) is 9.67. The molecule has 1 aliphatic carbocycles. The molecule has 0 unspecified atom stereocenters. The highest BCUT2D eigenvalue weighted by Gasteiger charge is 2.53. The average Bonchev–Trinajstić information content (AvgIpc) is 3.58. The maximum Gasteiger partial charge on any atom is 0.252 e. The largest absolute Gasteiger partial charge is 0.366 e. The molecule has 1 saturated carbocycles. The van der Waals surface area contributed by atoms with E-state index >= 15 is 0 Å². The van der Waals surface area contributed by atoms with Crippen molar-refractivity contribution in [3.05, 3.63) is 48.3 Å². The molecule has 5 rings (SSSR count). The minimum Gasteiger partial charge on any atom is -0.366 e. The van der Waals surface area contributed by atoms with Gasteiger partial charge in [0.1, 0.15) is 24.8 Å². The highest BCUT2D eigenvalue weighted by atomic mass is 35.5. The fraction of sp³-hybridized carbons (Fsp3) is 0.520. The summed E-state index contributed by atoms with van der Waals surface area (Å²) in [7, 11) is 0. The molecule has 39 heavy (non-hydrogen) atoms. The molecule has 2 amide bonds. The van der Waals surface area contributed by atoms with E-state index in [0.717, 1.165) is 31.4 Å². The highest BCUT2D eigenvalue weighted by molar-refractivity contribution is 7.60. The number of nitrogens with one attached hydrogen (secondary N) is 1. The molecule has 0 bridgehead atoms. The minimum absolute atomic E-state index is 0. The predicted molar refractivity (Wildman–Crippen MR) is 178 cm³/mol. The fourth-order valence-electron chi connectivity index (χ4n) is 5.44. The van der Waals surface area contributed by atoms with Crippen LogP contribution in [0.1, 0.15) is 43.0 Å². The number of aromatic nitrogens is 2. The lowest BCUT2D eigenvalue weighted by atomic mass is 9.78.